The number of ether oxygens (including phenoxy) is 1. The number of hydrogen-bond donors (Lipinski definition) is 1. The lowest BCUT2D eigenvalue weighted by molar-refractivity contribution is -0.129. The molecule has 0 saturated heterocycles. The molecule has 0 aliphatic carbocycles. The summed E-state index contributed by atoms with van der Waals surface area (Å²) >= 11 is 3.32. The number of para-hydroxylation sites is 2. The molecule has 8 heteroatoms. The molecule has 0 aliphatic heterocycles. The second kappa shape index (κ2) is 9.82. The Bertz CT molecular complexity index is 843. The third-order valence-electron chi connectivity index (χ3n) is 3.45. The largest absolute Gasteiger partial charge is 0.434 e. The van der Waals surface area contributed by atoms with Crippen molar-refractivity contribution < 1.29 is 23.1 Å². The second-order valence-corrected chi connectivity index (χ2v) is 6.33. The number of halogens is 3. The summed E-state index contributed by atoms with van der Waals surface area (Å²) in [5.74, 6) is -0.859. The number of rotatable bonds is 7. The predicted molar refractivity (Wildman–Crippen MR) is 103 cm³/mol. The highest BCUT2D eigenvalue weighted by atomic mass is 79.9. The molecule has 0 radical (unpaired) electrons. The van der Waals surface area contributed by atoms with Gasteiger partial charge in [0.25, 0.3) is 0 Å². The minimum absolute atomic E-state index is 0.0362. The monoisotopic (exact) mass is 438 g/mol. The van der Waals surface area contributed by atoms with Crippen LogP contribution >= 0.6 is 15.9 Å². The highest BCUT2D eigenvalue weighted by molar-refractivity contribution is 9.10. The van der Waals surface area contributed by atoms with E-state index in [0.717, 1.165) is 4.47 Å². The number of benzene rings is 2. The Morgan fingerprint density at radius 1 is 1.19 bits per heavy atom. The normalized spacial score (nSPS) is 10.9. The number of nitrogens with one attached hydrogen (secondary N) is 1. The highest BCUT2D eigenvalue weighted by Crippen LogP contribution is 2.22. The Hall–Kier alpha value is -2.74. The van der Waals surface area contributed by atoms with Gasteiger partial charge in [-0.15, -0.1) is 0 Å². The Morgan fingerprint density at radius 2 is 1.85 bits per heavy atom. The van der Waals surface area contributed by atoms with Gasteiger partial charge in [-0.2, -0.15) is 8.78 Å². The van der Waals surface area contributed by atoms with Gasteiger partial charge in [-0.3, -0.25) is 9.59 Å². The van der Waals surface area contributed by atoms with Crippen molar-refractivity contribution in [2.75, 3.05) is 18.9 Å². The van der Waals surface area contributed by atoms with Crippen molar-refractivity contribution in [3.8, 4) is 5.75 Å². The number of amides is 2. The molecule has 0 heterocycles. The number of carbonyl (C=O) groups excluding carboxylic acids is 2. The number of anilines is 1. The number of carbonyl (C=O) groups is 2. The first kappa shape index (κ1) is 20.6. The zero-order chi connectivity index (χ0) is 19.8. The van der Waals surface area contributed by atoms with Crippen LogP contribution in [0.2, 0.25) is 0 Å². The van der Waals surface area contributed by atoms with E-state index in [0.29, 0.717) is 11.3 Å². The van der Waals surface area contributed by atoms with Gasteiger partial charge in [0.05, 0.1) is 12.2 Å². The molecule has 0 aromatic heterocycles. The van der Waals surface area contributed by atoms with E-state index in [2.05, 4.69) is 26.0 Å². The molecule has 2 aromatic carbocycles. The van der Waals surface area contributed by atoms with E-state index in [-0.39, 0.29) is 18.2 Å². The first-order valence-corrected chi connectivity index (χ1v) is 8.67. The molecule has 0 atom stereocenters. The Kier molecular flexibility index (Phi) is 7.48. The van der Waals surface area contributed by atoms with E-state index in [1.807, 2.05) is 6.07 Å². The first-order valence-electron chi connectivity index (χ1n) is 7.88. The van der Waals surface area contributed by atoms with Crippen molar-refractivity contribution in [2.24, 2.45) is 0 Å². The molecular formula is C19H17BrF2N2O3. The molecule has 27 heavy (non-hydrogen) atoms. The van der Waals surface area contributed by atoms with Crippen LogP contribution in [0.25, 0.3) is 6.08 Å². The van der Waals surface area contributed by atoms with E-state index >= 15 is 0 Å². The lowest BCUT2D eigenvalue weighted by Gasteiger charge is -2.15. The van der Waals surface area contributed by atoms with Crippen molar-refractivity contribution >= 4 is 39.5 Å². The molecule has 0 bridgehead atoms. The number of likely N-dealkylation sites (N-methyl/N-ethyl adjacent to an activating group) is 1. The fraction of sp³-hybridized carbons (Fsp3) is 0.158. The number of nitrogens with zero attached hydrogens (tertiary/aromatic N) is 1. The third-order valence-corrected chi connectivity index (χ3v) is 4.14. The van der Waals surface area contributed by atoms with Crippen LogP contribution < -0.4 is 10.1 Å². The predicted octanol–water partition coefficient (Wildman–Crippen LogP) is 4.16. The fourth-order valence-electron chi connectivity index (χ4n) is 2.16. The van der Waals surface area contributed by atoms with Crippen molar-refractivity contribution in [3.63, 3.8) is 0 Å². The van der Waals surface area contributed by atoms with Gasteiger partial charge in [0, 0.05) is 23.2 Å². The average Bonchev–Trinajstić information content (AvgIpc) is 2.62. The molecule has 2 rings (SSSR count). The Labute approximate surface area is 163 Å². The standard InChI is InChI=1S/C19H17BrF2N2O3/c1-24(12-17(25)23-15-8-4-3-7-14(15)20)18(26)11-10-13-6-2-5-9-16(13)27-19(21)22/h2-11,19H,12H2,1H3,(H,23,25)/b11-10+. The van der Waals surface area contributed by atoms with Gasteiger partial charge in [-0.05, 0) is 40.2 Å². The van der Waals surface area contributed by atoms with Crippen LogP contribution in [0.4, 0.5) is 14.5 Å². The van der Waals surface area contributed by atoms with Gasteiger partial charge in [0.15, 0.2) is 0 Å². The zero-order valence-electron chi connectivity index (χ0n) is 14.4. The van der Waals surface area contributed by atoms with E-state index in [1.54, 1.807) is 36.4 Å². The summed E-state index contributed by atoms with van der Waals surface area (Å²) in [6, 6.07) is 13.2. The lowest BCUT2D eigenvalue weighted by atomic mass is 10.2. The van der Waals surface area contributed by atoms with E-state index in [4.69, 9.17) is 0 Å². The van der Waals surface area contributed by atoms with Crippen LogP contribution in [0.5, 0.6) is 5.75 Å². The van der Waals surface area contributed by atoms with Crippen molar-refractivity contribution in [3.05, 3.63) is 64.6 Å². The molecule has 2 aromatic rings. The lowest BCUT2D eigenvalue weighted by Crippen LogP contribution is -2.33. The van der Waals surface area contributed by atoms with E-state index in [1.165, 1.54) is 30.2 Å². The molecule has 2 amide bonds. The minimum Gasteiger partial charge on any atom is -0.434 e. The molecule has 0 fully saturated rings. The Morgan fingerprint density at radius 3 is 2.56 bits per heavy atom. The quantitative estimate of drug-likeness (QED) is 0.660. The van der Waals surface area contributed by atoms with Crippen molar-refractivity contribution in [1.82, 2.24) is 4.90 Å². The van der Waals surface area contributed by atoms with Crippen molar-refractivity contribution in [1.29, 1.82) is 0 Å². The molecule has 0 spiro atoms. The maximum atomic E-state index is 12.4. The molecule has 1 N–H and O–H groups in total. The van der Waals surface area contributed by atoms with Gasteiger partial charge in [0.2, 0.25) is 11.8 Å². The van der Waals surface area contributed by atoms with E-state index in [9.17, 15) is 18.4 Å². The number of hydrogen-bond acceptors (Lipinski definition) is 3. The van der Waals surface area contributed by atoms with Crippen LogP contribution in [0, 0.1) is 0 Å². The van der Waals surface area contributed by atoms with Gasteiger partial charge in [-0.1, -0.05) is 30.3 Å². The molecule has 0 saturated carbocycles. The zero-order valence-corrected chi connectivity index (χ0v) is 15.9. The topological polar surface area (TPSA) is 58.6 Å². The average molecular weight is 439 g/mol. The summed E-state index contributed by atoms with van der Waals surface area (Å²) in [5.41, 5.74) is 0.925. The third kappa shape index (κ3) is 6.49. The minimum atomic E-state index is -2.96. The summed E-state index contributed by atoms with van der Waals surface area (Å²) in [7, 11) is 1.47. The smallest absolute Gasteiger partial charge is 0.387 e. The van der Waals surface area contributed by atoms with Crippen LogP contribution in [-0.4, -0.2) is 36.9 Å². The summed E-state index contributed by atoms with van der Waals surface area (Å²) < 4.78 is 29.9. The maximum absolute atomic E-state index is 12.4. The first-order chi connectivity index (χ1) is 12.9. The Balaban J connectivity index is 1.96. The van der Waals surface area contributed by atoms with Crippen LogP contribution in [-0.2, 0) is 9.59 Å². The molecular weight excluding hydrogens is 422 g/mol. The molecule has 0 unspecified atom stereocenters. The second-order valence-electron chi connectivity index (χ2n) is 5.47. The highest BCUT2D eigenvalue weighted by Gasteiger charge is 2.12. The summed E-state index contributed by atoms with van der Waals surface area (Å²) in [6.07, 6.45) is 2.56. The maximum Gasteiger partial charge on any atom is 0.387 e. The van der Waals surface area contributed by atoms with Crippen LogP contribution in [0.1, 0.15) is 5.56 Å². The van der Waals surface area contributed by atoms with Crippen LogP contribution in [0.3, 0.4) is 0 Å². The van der Waals surface area contributed by atoms with Gasteiger partial charge in [0.1, 0.15) is 5.75 Å². The van der Waals surface area contributed by atoms with Crippen molar-refractivity contribution in [2.45, 2.75) is 6.61 Å². The number of alkyl halides is 2. The molecule has 0 aliphatic rings. The molecule has 5 nitrogen and oxygen atoms in total. The van der Waals surface area contributed by atoms with Gasteiger partial charge >= 0.3 is 6.61 Å². The summed E-state index contributed by atoms with van der Waals surface area (Å²) in [4.78, 5) is 25.4. The molecule has 142 valence electrons. The van der Waals surface area contributed by atoms with Gasteiger partial charge in [-0.25, -0.2) is 0 Å². The van der Waals surface area contributed by atoms with Crippen LogP contribution in [0.15, 0.2) is 59.1 Å². The summed E-state index contributed by atoms with van der Waals surface area (Å²) in [6.45, 7) is -3.13. The fourth-order valence-corrected chi connectivity index (χ4v) is 2.54. The SMILES string of the molecule is CN(CC(=O)Nc1ccccc1Br)C(=O)/C=C/c1ccccc1OC(F)F. The summed E-state index contributed by atoms with van der Waals surface area (Å²) in [5, 5.41) is 2.69. The van der Waals surface area contributed by atoms with Gasteiger partial charge < -0.3 is 15.0 Å². The van der Waals surface area contributed by atoms with E-state index < -0.39 is 12.5 Å².